The van der Waals surface area contributed by atoms with E-state index < -0.39 is 7.81 Å². The first-order valence-corrected chi connectivity index (χ1v) is 6.53. The Hall–Kier alpha value is -0.150. The quantitative estimate of drug-likeness (QED) is 0.232. The van der Waals surface area contributed by atoms with Crippen molar-refractivity contribution in [2.75, 3.05) is 19.8 Å². The third-order valence-electron chi connectivity index (χ3n) is 0.642. The van der Waals surface area contributed by atoms with Crippen molar-refractivity contribution in [1.82, 2.24) is 0 Å². The zero-order chi connectivity index (χ0) is 14.2. The van der Waals surface area contributed by atoms with Crippen molar-refractivity contribution in [3.05, 3.63) is 0 Å². The molecule has 0 aliphatic rings. The first-order valence-electron chi connectivity index (χ1n) is 4.50. The van der Waals surface area contributed by atoms with Crippen LogP contribution in [0.3, 0.4) is 0 Å². The van der Waals surface area contributed by atoms with Crippen molar-refractivity contribution in [3.8, 4) is 0 Å². The molecular formula is C6H15F6O4P. The second-order valence-electron chi connectivity index (χ2n) is 2.38. The van der Waals surface area contributed by atoms with Crippen LogP contribution >= 0.6 is 7.81 Å². The monoisotopic (exact) mass is 296 g/mol. The summed E-state index contributed by atoms with van der Waals surface area (Å²) in [4.78, 5) is 16.3. The summed E-state index contributed by atoms with van der Waals surface area (Å²) in [7, 11) is -10.7. The van der Waals surface area contributed by atoms with Gasteiger partial charge in [0.1, 0.15) is 24.6 Å². The molecule has 0 spiro atoms. The molecule has 0 aromatic carbocycles. The molecule has 0 aromatic heterocycles. The molecule has 110 valence electrons. The van der Waals surface area contributed by atoms with Crippen molar-refractivity contribution in [2.45, 2.75) is 20.8 Å². The van der Waals surface area contributed by atoms with Gasteiger partial charge in [0.2, 0.25) is 0 Å². The Labute approximate surface area is 94.1 Å². The van der Waals surface area contributed by atoms with Crippen molar-refractivity contribution in [3.63, 3.8) is 0 Å². The normalized spacial score (nSPS) is 15.9. The predicted octanol–water partition coefficient (Wildman–Crippen LogP) is 4.78. The molecule has 17 heavy (non-hydrogen) atoms. The Balaban J connectivity index is 0. The third kappa shape index (κ3) is 38.8. The molecule has 0 bridgehead atoms. The van der Waals surface area contributed by atoms with E-state index in [1.807, 2.05) is 20.8 Å². The van der Waals surface area contributed by atoms with Crippen LogP contribution < -0.4 is 0 Å². The summed E-state index contributed by atoms with van der Waals surface area (Å²) in [6, 6.07) is 0. The van der Waals surface area contributed by atoms with Gasteiger partial charge in [-0.3, -0.25) is 0 Å². The zero-order valence-electron chi connectivity index (χ0n) is 9.47. The standard InChI is InChI=1S/C6H15O4.F6P/c1-4-7-10(8-5-2)9-6-3;1-7(2,3,4,5)6/h4-6H2,1-3H3;/q+1;-1. The third-order valence-corrected chi connectivity index (χ3v) is 0.642. The Bertz CT molecular complexity index is 178. The molecular weight excluding hydrogens is 281 g/mol. The van der Waals surface area contributed by atoms with Crippen molar-refractivity contribution < 1.29 is 44.7 Å². The number of hydrogen-bond acceptors (Lipinski definition) is 3. The summed E-state index contributed by atoms with van der Waals surface area (Å²) in [5.74, 6) is 0. The topological polar surface area (TPSA) is 30.4 Å². The van der Waals surface area contributed by atoms with E-state index in [9.17, 15) is 25.2 Å². The van der Waals surface area contributed by atoms with Gasteiger partial charge in [-0.2, -0.15) is 0 Å². The first kappa shape index (κ1) is 19.2. The molecule has 0 amide bonds. The number of hydrogen-bond donors (Lipinski definition) is 0. The fourth-order valence-electron chi connectivity index (χ4n) is 0.391. The van der Waals surface area contributed by atoms with Crippen molar-refractivity contribution >= 4 is 7.81 Å². The van der Waals surface area contributed by atoms with Gasteiger partial charge in [-0.05, 0) is 35.4 Å². The fourth-order valence-corrected chi connectivity index (χ4v) is 0.391. The fraction of sp³-hybridized carbons (Fsp3) is 1.00. The van der Waals surface area contributed by atoms with E-state index in [-0.39, 0.29) is 0 Å². The molecule has 0 unspecified atom stereocenters. The maximum absolute atomic E-state index is 10.7. The second kappa shape index (κ2) is 6.14. The molecule has 0 saturated carbocycles. The molecule has 11 heteroatoms. The summed E-state index contributed by atoms with van der Waals surface area (Å²) in [6.07, 6.45) is 0. The van der Waals surface area contributed by atoms with Crippen LogP contribution in [-0.4, -0.2) is 19.8 Å². The molecule has 0 radical (unpaired) electrons. The van der Waals surface area contributed by atoms with Gasteiger partial charge in [0.25, 0.3) is 0 Å². The van der Waals surface area contributed by atoms with Crippen LogP contribution in [0.2, 0.25) is 0 Å². The first-order chi connectivity index (χ1) is 7.30. The summed E-state index contributed by atoms with van der Waals surface area (Å²) < 4.78 is 59.2. The van der Waals surface area contributed by atoms with Gasteiger partial charge < -0.3 is 0 Å². The van der Waals surface area contributed by atoms with Crippen LogP contribution in [-0.2, 0) is 19.5 Å². The minimum absolute atomic E-state index is 0.505. The van der Waals surface area contributed by atoms with Crippen LogP contribution in [0.1, 0.15) is 20.8 Å². The Morgan fingerprint density at radius 2 is 0.882 bits per heavy atom. The number of halogens is 6. The van der Waals surface area contributed by atoms with Gasteiger partial charge in [0.05, 0.1) is 0 Å². The Morgan fingerprint density at radius 3 is 1.00 bits per heavy atom. The number of rotatable bonds is 6. The van der Waals surface area contributed by atoms with Gasteiger partial charge >= 0.3 is 33.0 Å². The van der Waals surface area contributed by atoms with E-state index in [0.29, 0.717) is 19.8 Å². The Morgan fingerprint density at radius 1 is 0.706 bits per heavy atom. The molecule has 0 aromatic rings. The molecule has 0 fully saturated rings. The summed E-state index contributed by atoms with van der Waals surface area (Å²) in [5, 5.41) is 0. The van der Waals surface area contributed by atoms with E-state index in [2.05, 4.69) is 0 Å². The van der Waals surface area contributed by atoms with Gasteiger partial charge in [-0.1, -0.05) is 0 Å². The molecule has 0 rings (SSSR count). The molecule has 0 aliphatic heterocycles. The zero-order valence-corrected chi connectivity index (χ0v) is 10.4. The van der Waals surface area contributed by atoms with Gasteiger partial charge in [0, 0.05) is 0 Å². The van der Waals surface area contributed by atoms with E-state index in [1.54, 1.807) is 4.82 Å². The van der Waals surface area contributed by atoms with Crippen LogP contribution in [0.15, 0.2) is 0 Å². The maximum atomic E-state index is 9.87. The average Bonchev–Trinajstić information content (AvgIpc) is 1.99. The molecule has 0 heterocycles. The van der Waals surface area contributed by atoms with E-state index in [1.165, 1.54) is 0 Å². The molecule has 0 saturated heterocycles. The molecule has 0 N–H and O–H groups in total. The summed E-state index contributed by atoms with van der Waals surface area (Å²) in [6.45, 7) is 7.05. The predicted molar refractivity (Wildman–Crippen MR) is 49.5 cm³/mol. The SMILES string of the molecule is CCO[O+](OCC)OCC.F[P-](F)(F)(F)(F)F. The molecule has 4 nitrogen and oxygen atoms in total. The molecule has 0 atom stereocenters. The second-order valence-corrected chi connectivity index (χ2v) is 4.30. The van der Waals surface area contributed by atoms with E-state index in [0.717, 1.165) is 0 Å². The minimum atomic E-state index is -10.7. The van der Waals surface area contributed by atoms with Gasteiger partial charge in [-0.25, -0.2) is 0 Å². The molecule has 0 aliphatic carbocycles. The van der Waals surface area contributed by atoms with Crippen molar-refractivity contribution in [2.24, 2.45) is 0 Å². The van der Waals surface area contributed by atoms with E-state index >= 15 is 0 Å². The van der Waals surface area contributed by atoms with Crippen LogP contribution in [0.25, 0.3) is 0 Å². The van der Waals surface area contributed by atoms with Crippen LogP contribution in [0.4, 0.5) is 25.2 Å². The van der Waals surface area contributed by atoms with Crippen LogP contribution in [0, 0.1) is 0 Å². The van der Waals surface area contributed by atoms with Gasteiger partial charge in [0.15, 0.2) is 0 Å². The van der Waals surface area contributed by atoms with Crippen molar-refractivity contribution in [1.29, 1.82) is 0 Å². The Kier molecular flexibility index (Phi) is 6.94. The summed E-state index contributed by atoms with van der Waals surface area (Å²) >= 11 is 0. The van der Waals surface area contributed by atoms with Crippen LogP contribution in [0.5, 0.6) is 0 Å². The van der Waals surface area contributed by atoms with Gasteiger partial charge in [-0.15, -0.1) is 0 Å². The van der Waals surface area contributed by atoms with E-state index in [4.69, 9.17) is 14.7 Å². The summed E-state index contributed by atoms with van der Waals surface area (Å²) in [5.41, 5.74) is 0. The average molecular weight is 296 g/mol.